The van der Waals surface area contributed by atoms with Gasteiger partial charge in [0.1, 0.15) is 18.1 Å². The zero-order valence-electron chi connectivity index (χ0n) is 20.7. The molecule has 1 N–H and O–H groups in total. The molecule has 0 saturated heterocycles. The van der Waals surface area contributed by atoms with E-state index in [2.05, 4.69) is 15.5 Å². The fraction of sp³-hybridized carbons (Fsp3) is 0.250. The maximum Gasteiger partial charge on any atom is 0.442 e. The predicted octanol–water partition coefficient (Wildman–Crippen LogP) is 3.89. The van der Waals surface area contributed by atoms with E-state index in [0.717, 1.165) is 10.1 Å². The topological polar surface area (TPSA) is 116 Å². The van der Waals surface area contributed by atoms with E-state index in [-0.39, 0.29) is 24.1 Å². The number of amides is 1. The van der Waals surface area contributed by atoms with E-state index in [1.807, 2.05) is 44.2 Å². The lowest BCUT2D eigenvalue weighted by Gasteiger charge is -2.20. The SMILES string of the molecule is CC(C)C[C@H](NC(=O)c1cccc(OCc2ccccc2)c1)C(=O)Cn1c(-c2ccccn2)noc1=O. The number of carbonyl (C=O) groups is 2. The number of aromatic nitrogens is 3. The first-order valence-corrected chi connectivity index (χ1v) is 12.0. The van der Waals surface area contributed by atoms with Crippen LogP contribution in [0.4, 0.5) is 0 Å². The van der Waals surface area contributed by atoms with Crippen molar-refractivity contribution in [3.05, 3.63) is 101 Å². The molecule has 0 radical (unpaired) electrons. The lowest BCUT2D eigenvalue weighted by Crippen LogP contribution is -2.44. The molecule has 1 amide bonds. The molecule has 0 aliphatic heterocycles. The fourth-order valence-electron chi connectivity index (χ4n) is 3.80. The second-order valence-corrected chi connectivity index (χ2v) is 9.00. The van der Waals surface area contributed by atoms with Crippen molar-refractivity contribution in [2.45, 2.75) is 39.5 Å². The number of nitrogens with one attached hydrogen (secondary N) is 1. The monoisotopic (exact) mass is 500 g/mol. The van der Waals surface area contributed by atoms with E-state index < -0.39 is 17.7 Å². The van der Waals surface area contributed by atoms with Crippen molar-refractivity contribution in [1.82, 2.24) is 20.0 Å². The van der Waals surface area contributed by atoms with Crippen molar-refractivity contribution in [2.24, 2.45) is 5.92 Å². The third-order valence-electron chi connectivity index (χ3n) is 5.64. The van der Waals surface area contributed by atoms with Crippen LogP contribution in [-0.4, -0.2) is 32.4 Å². The summed E-state index contributed by atoms with van der Waals surface area (Å²) in [4.78, 5) is 42.9. The van der Waals surface area contributed by atoms with Crippen molar-refractivity contribution in [3.8, 4) is 17.3 Å². The molecule has 9 nitrogen and oxygen atoms in total. The average Bonchev–Trinajstić information content (AvgIpc) is 3.27. The summed E-state index contributed by atoms with van der Waals surface area (Å²) in [5.41, 5.74) is 1.77. The van der Waals surface area contributed by atoms with E-state index in [4.69, 9.17) is 9.26 Å². The molecule has 0 bridgehead atoms. The number of hydrogen-bond acceptors (Lipinski definition) is 7. The van der Waals surface area contributed by atoms with Crippen molar-refractivity contribution in [3.63, 3.8) is 0 Å². The van der Waals surface area contributed by atoms with Gasteiger partial charge >= 0.3 is 5.76 Å². The highest BCUT2D eigenvalue weighted by molar-refractivity contribution is 5.98. The Bertz CT molecular complexity index is 1400. The highest BCUT2D eigenvalue weighted by Gasteiger charge is 2.26. The zero-order valence-corrected chi connectivity index (χ0v) is 20.7. The summed E-state index contributed by atoms with van der Waals surface area (Å²) in [5.74, 6) is -0.722. The Labute approximate surface area is 214 Å². The molecule has 0 spiro atoms. The molecule has 9 heteroatoms. The quantitative estimate of drug-likeness (QED) is 0.332. The number of pyridine rings is 1. The van der Waals surface area contributed by atoms with Crippen LogP contribution in [0.1, 0.15) is 36.2 Å². The van der Waals surface area contributed by atoms with Crippen LogP contribution in [0.2, 0.25) is 0 Å². The number of ketones is 1. The first-order chi connectivity index (χ1) is 17.9. The van der Waals surface area contributed by atoms with Gasteiger partial charge in [-0.15, -0.1) is 0 Å². The second kappa shape index (κ2) is 11.9. The number of rotatable bonds is 11. The highest BCUT2D eigenvalue weighted by Crippen LogP contribution is 2.17. The Kier molecular flexibility index (Phi) is 8.25. The number of ether oxygens (including phenoxy) is 1. The Morgan fingerprint density at radius 3 is 2.54 bits per heavy atom. The summed E-state index contributed by atoms with van der Waals surface area (Å²) in [5, 5.41) is 6.61. The van der Waals surface area contributed by atoms with Crippen molar-refractivity contribution in [1.29, 1.82) is 0 Å². The molecule has 2 aromatic carbocycles. The Morgan fingerprint density at radius 2 is 1.81 bits per heavy atom. The first-order valence-electron chi connectivity index (χ1n) is 12.0. The molecule has 0 aliphatic carbocycles. The van der Waals surface area contributed by atoms with Gasteiger partial charge in [0.05, 0.1) is 12.6 Å². The lowest BCUT2D eigenvalue weighted by atomic mass is 9.99. The van der Waals surface area contributed by atoms with Crippen LogP contribution in [0, 0.1) is 5.92 Å². The van der Waals surface area contributed by atoms with E-state index in [9.17, 15) is 14.4 Å². The summed E-state index contributed by atoms with van der Waals surface area (Å²) < 4.78 is 11.8. The van der Waals surface area contributed by atoms with E-state index in [1.165, 1.54) is 0 Å². The number of benzene rings is 2. The summed E-state index contributed by atoms with van der Waals surface area (Å²) >= 11 is 0. The minimum atomic E-state index is -0.820. The van der Waals surface area contributed by atoms with Gasteiger partial charge in [-0.05, 0) is 48.2 Å². The standard InChI is InChI=1S/C28H28N4O5/c1-19(2)15-24(25(33)17-32-26(31-37-28(32)35)23-13-6-7-14-29-23)30-27(34)21-11-8-12-22(16-21)36-18-20-9-4-3-5-10-20/h3-14,16,19,24H,15,17-18H2,1-2H3,(H,30,34)/t24-/m0/s1. The van der Waals surface area contributed by atoms with E-state index >= 15 is 0 Å². The largest absolute Gasteiger partial charge is 0.489 e. The first kappa shape index (κ1) is 25.6. The number of nitrogens with zero attached hydrogens (tertiary/aromatic N) is 3. The molecule has 0 fully saturated rings. The van der Waals surface area contributed by atoms with Crippen molar-refractivity contribution in [2.75, 3.05) is 0 Å². The summed E-state index contributed by atoms with van der Waals surface area (Å²) in [6.07, 6.45) is 1.95. The Morgan fingerprint density at radius 1 is 1.03 bits per heavy atom. The van der Waals surface area contributed by atoms with Gasteiger partial charge in [-0.25, -0.2) is 9.36 Å². The molecule has 37 heavy (non-hydrogen) atoms. The van der Waals surface area contributed by atoms with Crippen LogP contribution in [0.15, 0.2) is 88.3 Å². The molecule has 4 rings (SSSR count). The second-order valence-electron chi connectivity index (χ2n) is 9.00. The number of hydrogen-bond donors (Lipinski definition) is 1. The zero-order chi connectivity index (χ0) is 26.2. The lowest BCUT2D eigenvalue weighted by molar-refractivity contribution is -0.121. The molecule has 0 aliphatic rings. The van der Waals surface area contributed by atoms with Gasteiger partial charge in [0, 0.05) is 11.8 Å². The fourth-order valence-corrected chi connectivity index (χ4v) is 3.80. The summed E-state index contributed by atoms with van der Waals surface area (Å²) in [6, 6.07) is 20.8. The van der Waals surface area contributed by atoms with Gasteiger partial charge < -0.3 is 10.1 Å². The van der Waals surface area contributed by atoms with Crippen LogP contribution < -0.4 is 15.8 Å². The smallest absolute Gasteiger partial charge is 0.442 e. The molecule has 2 aromatic heterocycles. The maximum absolute atomic E-state index is 13.3. The predicted molar refractivity (Wildman–Crippen MR) is 137 cm³/mol. The third kappa shape index (κ3) is 6.78. The summed E-state index contributed by atoms with van der Waals surface area (Å²) in [7, 11) is 0. The molecule has 4 aromatic rings. The molecule has 2 heterocycles. The van der Waals surface area contributed by atoms with E-state index in [0.29, 0.717) is 30.0 Å². The van der Waals surface area contributed by atoms with Crippen LogP contribution in [0.3, 0.4) is 0 Å². The molecular formula is C28H28N4O5. The minimum Gasteiger partial charge on any atom is -0.489 e. The van der Waals surface area contributed by atoms with Gasteiger partial charge in [-0.2, -0.15) is 0 Å². The number of Topliss-reactive ketones (excluding diaryl/α,β-unsaturated/α-hetero) is 1. The van der Waals surface area contributed by atoms with Crippen LogP contribution in [0.25, 0.3) is 11.5 Å². The highest BCUT2D eigenvalue weighted by atomic mass is 16.5. The molecule has 190 valence electrons. The third-order valence-corrected chi connectivity index (χ3v) is 5.64. The van der Waals surface area contributed by atoms with Gasteiger partial charge in [0.2, 0.25) is 5.82 Å². The van der Waals surface area contributed by atoms with Crippen molar-refractivity contribution >= 4 is 11.7 Å². The number of carbonyl (C=O) groups excluding carboxylic acids is 2. The minimum absolute atomic E-state index is 0.115. The molecular weight excluding hydrogens is 472 g/mol. The molecule has 0 saturated carbocycles. The van der Waals surface area contributed by atoms with Crippen LogP contribution in [0.5, 0.6) is 5.75 Å². The average molecular weight is 501 g/mol. The summed E-state index contributed by atoms with van der Waals surface area (Å²) in [6.45, 7) is 3.96. The Balaban J connectivity index is 1.47. The Hall–Kier alpha value is -4.53. The van der Waals surface area contributed by atoms with Crippen molar-refractivity contribution < 1.29 is 18.8 Å². The normalized spacial score (nSPS) is 11.8. The van der Waals surface area contributed by atoms with E-state index in [1.54, 1.807) is 48.7 Å². The van der Waals surface area contributed by atoms with Gasteiger partial charge in [0.25, 0.3) is 5.91 Å². The van der Waals surface area contributed by atoms with Gasteiger partial charge in [0.15, 0.2) is 5.78 Å². The van der Waals surface area contributed by atoms with Gasteiger partial charge in [-0.3, -0.25) is 19.1 Å². The molecule has 1 atom stereocenters. The van der Waals surface area contributed by atoms with Crippen LogP contribution in [-0.2, 0) is 17.9 Å². The molecule has 0 unspecified atom stereocenters. The van der Waals surface area contributed by atoms with Gasteiger partial charge in [-0.1, -0.05) is 61.5 Å². The maximum atomic E-state index is 13.3. The van der Waals surface area contributed by atoms with Crippen LogP contribution >= 0.6 is 0 Å².